The zero-order chi connectivity index (χ0) is 14.0. The molecule has 0 bridgehead atoms. The highest BCUT2D eigenvalue weighted by Crippen LogP contribution is 2.31. The van der Waals surface area contributed by atoms with E-state index < -0.39 is 11.9 Å². The number of aromatic nitrogens is 2. The number of nitrogens with zero attached hydrogens (tertiary/aromatic N) is 1. The molecule has 0 aliphatic rings. The van der Waals surface area contributed by atoms with E-state index in [1.165, 1.54) is 30.0 Å². The molecule has 1 heterocycles. The maximum Gasteiger partial charge on any atom is 0.251 e. The van der Waals surface area contributed by atoms with E-state index in [1.54, 1.807) is 19.9 Å². The van der Waals surface area contributed by atoms with Gasteiger partial charge in [0.15, 0.2) is 5.16 Å². The summed E-state index contributed by atoms with van der Waals surface area (Å²) < 4.78 is 13.2. The molecule has 0 amide bonds. The van der Waals surface area contributed by atoms with Crippen molar-refractivity contribution in [3.63, 3.8) is 0 Å². The largest absolute Gasteiger partial charge is 0.389 e. The molecule has 2 aromatic rings. The van der Waals surface area contributed by atoms with Crippen LogP contribution in [-0.4, -0.2) is 15.1 Å². The van der Waals surface area contributed by atoms with E-state index in [0.29, 0.717) is 21.3 Å². The molecule has 19 heavy (non-hydrogen) atoms. The number of H-pyrrole nitrogens is 1. The van der Waals surface area contributed by atoms with Crippen LogP contribution >= 0.6 is 11.8 Å². The van der Waals surface area contributed by atoms with Gasteiger partial charge in [-0.15, -0.1) is 0 Å². The molecule has 2 rings (SSSR count). The van der Waals surface area contributed by atoms with Gasteiger partial charge in [-0.1, -0.05) is 11.8 Å². The molecule has 6 heteroatoms. The lowest BCUT2D eigenvalue weighted by Crippen LogP contribution is -2.08. The van der Waals surface area contributed by atoms with Crippen molar-refractivity contribution in [2.24, 2.45) is 0 Å². The lowest BCUT2D eigenvalue weighted by molar-refractivity contribution is 0.196. The Morgan fingerprint density at radius 3 is 2.79 bits per heavy atom. The maximum absolute atomic E-state index is 13.2. The van der Waals surface area contributed by atoms with Crippen molar-refractivity contribution in [2.75, 3.05) is 0 Å². The maximum atomic E-state index is 13.2. The molecule has 0 saturated heterocycles. The number of aromatic amines is 1. The van der Waals surface area contributed by atoms with Gasteiger partial charge in [0, 0.05) is 16.7 Å². The van der Waals surface area contributed by atoms with Gasteiger partial charge in [-0.2, -0.15) is 0 Å². The highest BCUT2D eigenvalue weighted by molar-refractivity contribution is 7.99. The van der Waals surface area contributed by atoms with Gasteiger partial charge in [-0.05, 0) is 37.6 Å². The van der Waals surface area contributed by atoms with Crippen LogP contribution in [0, 0.1) is 12.7 Å². The molecule has 0 spiro atoms. The van der Waals surface area contributed by atoms with Gasteiger partial charge in [0.25, 0.3) is 5.56 Å². The lowest BCUT2D eigenvalue weighted by Gasteiger charge is -2.11. The normalized spacial score (nSPS) is 12.4. The molecule has 0 aliphatic heterocycles. The van der Waals surface area contributed by atoms with Crippen LogP contribution in [0.1, 0.15) is 24.3 Å². The average molecular weight is 280 g/mol. The second-order valence-electron chi connectivity index (χ2n) is 4.15. The van der Waals surface area contributed by atoms with E-state index in [1.807, 2.05) is 0 Å². The summed E-state index contributed by atoms with van der Waals surface area (Å²) in [7, 11) is 0. The zero-order valence-corrected chi connectivity index (χ0v) is 11.3. The second kappa shape index (κ2) is 5.54. The first-order valence-corrected chi connectivity index (χ1v) is 6.50. The molecule has 100 valence electrons. The summed E-state index contributed by atoms with van der Waals surface area (Å²) in [5.41, 5.74) is 0.830. The fourth-order valence-corrected chi connectivity index (χ4v) is 2.68. The van der Waals surface area contributed by atoms with Crippen molar-refractivity contribution in [1.29, 1.82) is 0 Å². The van der Waals surface area contributed by atoms with Crippen LogP contribution in [0.5, 0.6) is 0 Å². The third kappa shape index (κ3) is 3.42. The monoisotopic (exact) mass is 280 g/mol. The Kier molecular flexibility index (Phi) is 4.01. The predicted molar refractivity (Wildman–Crippen MR) is 70.8 cm³/mol. The molecule has 4 nitrogen and oxygen atoms in total. The third-order valence-electron chi connectivity index (χ3n) is 2.48. The van der Waals surface area contributed by atoms with Crippen LogP contribution in [0.15, 0.2) is 39.1 Å². The first-order chi connectivity index (χ1) is 8.95. The predicted octanol–water partition coefficient (Wildman–Crippen LogP) is 2.42. The van der Waals surface area contributed by atoms with E-state index in [-0.39, 0.29) is 5.56 Å². The number of halogens is 1. The molecule has 0 fully saturated rings. The van der Waals surface area contributed by atoms with Gasteiger partial charge in [0.1, 0.15) is 5.82 Å². The summed E-state index contributed by atoms with van der Waals surface area (Å²) in [6.07, 6.45) is -0.797. The second-order valence-corrected chi connectivity index (χ2v) is 5.18. The Morgan fingerprint density at radius 2 is 2.16 bits per heavy atom. The number of rotatable bonds is 3. The number of hydrogen-bond donors (Lipinski definition) is 2. The summed E-state index contributed by atoms with van der Waals surface area (Å²) in [6, 6.07) is 5.54. The first-order valence-electron chi connectivity index (χ1n) is 5.69. The van der Waals surface area contributed by atoms with Gasteiger partial charge >= 0.3 is 0 Å². The summed E-state index contributed by atoms with van der Waals surface area (Å²) in [4.78, 5) is 18.8. The van der Waals surface area contributed by atoms with Gasteiger partial charge in [0.05, 0.1) is 6.10 Å². The van der Waals surface area contributed by atoms with Crippen molar-refractivity contribution in [3.05, 3.63) is 51.7 Å². The molecule has 0 aliphatic carbocycles. The van der Waals surface area contributed by atoms with E-state index in [2.05, 4.69) is 9.97 Å². The Balaban J connectivity index is 2.40. The van der Waals surface area contributed by atoms with Crippen molar-refractivity contribution in [1.82, 2.24) is 9.97 Å². The Hall–Kier alpha value is -1.66. The molecule has 2 N–H and O–H groups in total. The molecule has 1 unspecified atom stereocenters. The van der Waals surface area contributed by atoms with Gasteiger partial charge in [0.2, 0.25) is 0 Å². The van der Waals surface area contributed by atoms with E-state index in [9.17, 15) is 14.3 Å². The number of aliphatic hydroxyl groups is 1. The smallest absolute Gasteiger partial charge is 0.251 e. The molecule has 0 saturated carbocycles. The minimum atomic E-state index is -0.797. The quantitative estimate of drug-likeness (QED) is 0.847. The number of aryl methyl sites for hydroxylation is 1. The average Bonchev–Trinajstić information content (AvgIpc) is 2.30. The number of benzene rings is 1. The van der Waals surface area contributed by atoms with Crippen molar-refractivity contribution in [3.8, 4) is 0 Å². The number of nitrogens with one attached hydrogen (secondary N) is 1. The Morgan fingerprint density at radius 1 is 1.42 bits per heavy atom. The lowest BCUT2D eigenvalue weighted by atomic mass is 10.1. The van der Waals surface area contributed by atoms with Crippen molar-refractivity contribution < 1.29 is 9.50 Å². The summed E-state index contributed by atoms with van der Waals surface area (Å²) in [5, 5.41) is 10.1. The van der Waals surface area contributed by atoms with Gasteiger partial charge < -0.3 is 10.1 Å². The molecular formula is C13H13FN2O2S. The van der Waals surface area contributed by atoms with E-state index >= 15 is 0 Å². The minimum Gasteiger partial charge on any atom is -0.389 e. The van der Waals surface area contributed by atoms with Crippen LogP contribution in [0.3, 0.4) is 0 Å². The molecule has 1 aromatic carbocycles. The fraction of sp³-hybridized carbons (Fsp3) is 0.231. The van der Waals surface area contributed by atoms with E-state index in [0.717, 1.165) is 0 Å². The SMILES string of the molecule is Cc1cc(=O)[nH]c(Sc2ccc(F)cc2C(C)O)n1. The Bertz CT molecular complexity index is 655. The van der Waals surface area contributed by atoms with Crippen LogP contribution in [-0.2, 0) is 0 Å². The zero-order valence-electron chi connectivity index (χ0n) is 10.5. The highest BCUT2D eigenvalue weighted by atomic mass is 32.2. The van der Waals surface area contributed by atoms with Crippen LogP contribution in [0.2, 0.25) is 0 Å². The van der Waals surface area contributed by atoms with Crippen LogP contribution < -0.4 is 5.56 Å². The molecule has 0 radical (unpaired) electrons. The Labute approximate surface area is 113 Å². The highest BCUT2D eigenvalue weighted by Gasteiger charge is 2.12. The van der Waals surface area contributed by atoms with Crippen LogP contribution in [0.25, 0.3) is 0 Å². The third-order valence-corrected chi connectivity index (χ3v) is 3.45. The van der Waals surface area contributed by atoms with Crippen molar-refractivity contribution in [2.45, 2.75) is 30.0 Å². The van der Waals surface area contributed by atoms with E-state index in [4.69, 9.17) is 0 Å². The van der Waals surface area contributed by atoms with Crippen LogP contribution in [0.4, 0.5) is 4.39 Å². The minimum absolute atomic E-state index is 0.240. The fourth-order valence-electron chi connectivity index (χ4n) is 1.64. The first kappa shape index (κ1) is 13.8. The number of aliphatic hydroxyl groups excluding tert-OH is 1. The number of hydrogen-bond acceptors (Lipinski definition) is 4. The molecular weight excluding hydrogens is 267 g/mol. The summed E-state index contributed by atoms with van der Waals surface area (Å²) in [6.45, 7) is 3.28. The van der Waals surface area contributed by atoms with Gasteiger partial charge in [-0.25, -0.2) is 9.37 Å². The van der Waals surface area contributed by atoms with Gasteiger partial charge in [-0.3, -0.25) is 4.79 Å². The van der Waals surface area contributed by atoms with Crippen molar-refractivity contribution >= 4 is 11.8 Å². The molecule has 1 atom stereocenters. The molecule has 1 aromatic heterocycles. The standard InChI is InChI=1S/C13H13FN2O2S/c1-7-5-12(18)16-13(15-7)19-11-4-3-9(14)6-10(11)8(2)17/h3-6,8,17H,1-2H3,(H,15,16,18). The summed E-state index contributed by atoms with van der Waals surface area (Å²) in [5.74, 6) is -0.411. The topological polar surface area (TPSA) is 66.0 Å². The summed E-state index contributed by atoms with van der Waals surface area (Å²) >= 11 is 1.19.